The minimum Gasteiger partial charge on any atom is -0.496 e. The van der Waals surface area contributed by atoms with Crippen molar-refractivity contribution in [3.8, 4) is 5.75 Å². The van der Waals surface area contributed by atoms with E-state index in [-0.39, 0.29) is 0 Å². The molecule has 0 bridgehead atoms. The molecule has 0 saturated carbocycles. The van der Waals surface area contributed by atoms with Gasteiger partial charge in [-0.15, -0.1) is 14.8 Å². The first-order valence-electron chi connectivity index (χ1n) is 6.57. The largest absolute Gasteiger partial charge is 0.496 e. The standard InChI is InChI=1S/C14H16N6O/c1-10-4-5-12(21-3)11(8-10)9-19(2)14-7-6-13-15-17-18-20(13)16-14/h4-8H,9H2,1-3H3. The van der Waals surface area contributed by atoms with E-state index in [1.165, 1.54) is 10.2 Å². The second-order valence-electron chi connectivity index (χ2n) is 4.89. The molecule has 0 amide bonds. The molecule has 0 fully saturated rings. The summed E-state index contributed by atoms with van der Waals surface area (Å²) in [5.74, 6) is 1.66. The Balaban J connectivity index is 1.88. The third-order valence-electron chi connectivity index (χ3n) is 3.29. The van der Waals surface area contributed by atoms with Gasteiger partial charge in [0, 0.05) is 19.2 Å². The first-order chi connectivity index (χ1) is 10.2. The van der Waals surface area contributed by atoms with Crippen molar-refractivity contribution in [2.75, 3.05) is 19.1 Å². The molecular weight excluding hydrogens is 268 g/mol. The van der Waals surface area contributed by atoms with E-state index >= 15 is 0 Å². The topological polar surface area (TPSA) is 68.4 Å². The summed E-state index contributed by atoms with van der Waals surface area (Å²) in [6.45, 7) is 2.75. The lowest BCUT2D eigenvalue weighted by Gasteiger charge is -2.19. The van der Waals surface area contributed by atoms with Gasteiger partial charge in [0.05, 0.1) is 7.11 Å². The van der Waals surface area contributed by atoms with Crippen LogP contribution in [0.15, 0.2) is 30.3 Å². The van der Waals surface area contributed by atoms with Crippen molar-refractivity contribution in [1.29, 1.82) is 0 Å². The Labute approximate surface area is 122 Å². The minimum atomic E-state index is 0.625. The summed E-state index contributed by atoms with van der Waals surface area (Å²) in [7, 11) is 3.65. The number of rotatable bonds is 4. The highest BCUT2D eigenvalue weighted by atomic mass is 16.5. The maximum absolute atomic E-state index is 5.41. The molecule has 0 radical (unpaired) electrons. The Bertz CT molecular complexity index is 769. The molecule has 1 aromatic carbocycles. The van der Waals surface area contributed by atoms with Crippen LogP contribution in [0, 0.1) is 6.92 Å². The second kappa shape index (κ2) is 5.35. The zero-order valence-electron chi connectivity index (χ0n) is 12.2. The highest BCUT2D eigenvalue weighted by Gasteiger charge is 2.10. The fraction of sp³-hybridized carbons (Fsp3) is 0.286. The van der Waals surface area contributed by atoms with Crippen LogP contribution in [0.2, 0.25) is 0 Å². The number of methoxy groups -OCH3 is 1. The number of aromatic nitrogens is 5. The number of aryl methyl sites for hydroxylation is 1. The molecule has 0 aliphatic heterocycles. The summed E-state index contributed by atoms with van der Waals surface area (Å²) >= 11 is 0. The van der Waals surface area contributed by atoms with Crippen LogP contribution in [-0.4, -0.2) is 39.4 Å². The fourth-order valence-corrected chi connectivity index (χ4v) is 2.21. The quantitative estimate of drug-likeness (QED) is 0.722. The molecule has 21 heavy (non-hydrogen) atoms. The average Bonchev–Trinajstić information content (AvgIpc) is 2.94. The van der Waals surface area contributed by atoms with Crippen LogP contribution in [0.4, 0.5) is 5.82 Å². The first-order valence-corrected chi connectivity index (χ1v) is 6.57. The van der Waals surface area contributed by atoms with E-state index in [1.54, 1.807) is 7.11 Å². The van der Waals surface area contributed by atoms with Crippen molar-refractivity contribution in [1.82, 2.24) is 25.3 Å². The van der Waals surface area contributed by atoms with Gasteiger partial charge >= 0.3 is 0 Å². The van der Waals surface area contributed by atoms with Crippen LogP contribution >= 0.6 is 0 Å². The van der Waals surface area contributed by atoms with Gasteiger partial charge in [-0.2, -0.15) is 0 Å². The molecule has 0 saturated heterocycles. The fourth-order valence-electron chi connectivity index (χ4n) is 2.21. The van der Waals surface area contributed by atoms with Gasteiger partial charge in [0.25, 0.3) is 0 Å². The summed E-state index contributed by atoms with van der Waals surface area (Å²) < 4.78 is 6.83. The maximum atomic E-state index is 5.41. The van der Waals surface area contributed by atoms with Gasteiger partial charge < -0.3 is 9.64 Å². The molecule has 0 aliphatic carbocycles. The normalized spacial score (nSPS) is 10.8. The van der Waals surface area contributed by atoms with Crippen molar-refractivity contribution in [2.45, 2.75) is 13.5 Å². The highest BCUT2D eigenvalue weighted by molar-refractivity contribution is 5.46. The van der Waals surface area contributed by atoms with E-state index in [2.05, 4.69) is 33.6 Å². The Morgan fingerprint density at radius 2 is 2.10 bits per heavy atom. The number of benzene rings is 1. The average molecular weight is 284 g/mol. The number of nitrogens with zero attached hydrogens (tertiary/aromatic N) is 6. The number of ether oxygens (including phenoxy) is 1. The van der Waals surface area contributed by atoms with E-state index in [4.69, 9.17) is 4.74 Å². The van der Waals surface area contributed by atoms with Crippen molar-refractivity contribution in [3.05, 3.63) is 41.5 Å². The van der Waals surface area contributed by atoms with Crippen LogP contribution in [0.3, 0.4) is 0 Å². The number of anilines is 1. The van der Waals surface area contributed by atoms with E-state index in [0.29, 0.717) is 12.2 Å². The molecule has 0 N–H and O–H groups in total. The van der Waals surface area contributed by atoms with Gasteiger partial charge in [-0.05, 0) is 35.5 Å². The van der Waals surface area contributed by atoms with E-state index < -0.39 is 0 Å². The molecule has 3 rings (SSSR count). The van der Waals surface area contributed by atoms with Crippen LogP contribution in [0.5, 0.6) is 5.75 Å². The van der Waals surface area contributed by atoms with Crippen LogP contribution in [-0.2, 0) is 6.54 Å². The molecule has 0 atom stereocenters. The molecule has 0 spiro atoms. The maximum Gasteiger partial charge on any atom is 0.200 e. The lowest BCUT2D eigenvalue weighted by atomic mass is 10.1. The van der Waals surface area contributed by atoms with Crippen molar-refractivity contribution in [3.63, 3.8) is 0 Å². The number of hydrogen-bond donors (Lipinski definition) is 0. The SMILES string of the molecule is COc1ccc(C)cc1CN(C)c1ccc2nnnn2n1. The third-order valence-corrected chi connectivity index (χ3v) is 3.29. The predicted octanol–water partition coefficient (Wildman–Crippen LogP) is 1.47. The molecule has 2 aromatic heterocycles. The van der Waals surface area contributed by atoms with Crippen molar-refractivity contribution >= 4 is 11.5 Å². The summed E-state index contributed by atoms with van der Waals surface area (Å²) in [5, 5.41) is 15.6. The summed E-state index contributed by atoms with van der Waals surface area (Å²) in [6, 6.07) is 9.87. The molecule has 108 valence electrons. The molecular formula is C14H16N6O. The number of tetrazole rings is 1. The highest BCUT2D eigenvalue weighted by Crippen LogP contribution is 2.22. The van der Waals surface area contributed by atoms with Crippen molar-refractivity contribution in [2.24, 2.45) is 0 Å². The third kappa shape index (κ3) is 2.62. The molecule has 0 aliphatic rings. The second-order valence-corrected chi connectivity index (χ2v) is 4.89. The summed E-state index contributed by atoms with van der Waals surface area (Å²) in [6.07, 6.45) is 0. The minimum absolute atomic E-state index is 0.625. The monoisotopic (exact) mass is 284 g/mol. The van der Waals surface area contributed by atoms with Gasteiger partial charge in [-0.25, -0.2) is 0 Å². The van der Waals surface area contributed by atoms with Gasteiger partial charge in [0.1, 0.15) is 5.75 Å². The molecule has 3 aromatic rings. The lowest BCUT2D eigenvalue weighted by molar-refractivity contribution is 0.409. The van der Waals surface area contributed by atoms with Gasteiger partial charge in [0.2, 0.25) is 0 Å². The molecule has 7 nitrogen and oxygen atoms in total. The lowest BCUT2D eigenvalue weighted by Crippen LogP contribution is -2.19. The van der Waals surface area contributed by atoms with Gasteiger partial charge in [-0.3, -0.25) is 0 Å². The Morgan fingerprint density at radius 3 is 2.90 bits per heavy atom. The zero-order chi connectivity index (χ0) is 14.8. The van der Waals surface area contributed by atoms with Gasteiger partial charge in [-0.1, -0.05) is 17.7 Å². The Hall–Kier alpha value is -2.70. The Kier molecular flexibility index (Phi) is 3.39. The molecule has 2 heterocycles. The van der Waals surface area contributed by atoms with E-state index in [0.717, 1.165) is 17.1 Å². The predicted molar refractivity (Wildman–Crippen MR) is 78.4 cm³/mol. The van der Waals surface area contributed by atoms with E-state index in [9.17, 15) is 0 Å². The first kappa shape index (κ1) is 13.3. The van der Waals surface area contributed by atoms with Crippen LogP contribution in [0.1, 0.15) is 11.1 Å². The summed E-state index contributed by atoms with van der Waals surface area (Å²) in [5.41, 5.74) is 2.93. The number of hydrogen-bond acceptors (Lipinski definition) is 6. The van der Waals surface area contributed by atoms with Crippen LogP contribution < -0.4 is 9.64 Å². The molecule has 7 heteroatoms. The smallest absolute Gasteiger partial charge is 0.200 e. The van der Waals surface area contributed by atoms with Gasteiger partial charge in [0.15, 0.2) is 11.5 Å². The zero-order valence-corrected chi connectivity index (χ0v) is 12.2. The summed E-state index contributed by atoms with van der Waals surface area (Å²) in [4.78, 5) is 2.03. The number of fused-ring (bicyclic) bond motifs is 1. The van der Waals surface area contributed by atoms with Crippen LogP contribution in [0.25, 0.3) is 5.65 Å². The molecule has 0 unspecified atom stereocenters. The van der Waals surface area contributed by atoms with Crippen molar-refractivity contribution < 1.29 is 4.74 Å². The Morgan fingerprint density at radius 1 is 1.24 bits per heavy atom. The van der Waals surface area contributed by atoms with E-state index in [1.807, 2.05) is 36.2 Å².